The average molecular weight is 231 g/mol. The summed E-state index contributed by atoms with van der Waals surface area (Å²) in [6.07, 6.45) is 6.02. The standard InChI is InChI=1S/C12H17N5/c1-9(2)5-10-6-11(17-16-10)7-15-12-8-13-3-4-14-12/h3-4,6,8-9H,5,7H2,1-2H3,(H,14,15)(H,16,17). The van der Waals surface area contributed by atoms with E-state index < -0.39 is 0 Å². The van der Waals surface area contributed by atoms with E-state index in [1.807, 2.05) is 0 Å². The topological polar surface area (TPSA) is 66.5 Å². The van der Waals surface area contributed by atoms with E-state index in [2.05, 4.69) is 45.4 Å². The van der Waals surface area contributed by atoms with E-state index in [0.29, 0.717) is 12.5 Å². The highest BCUT2D eigenvalue weighted by Crippen LogP contribution is 2.08. The summed E-state index contributed by atoms with van der Waals surface area (Å²) in [6.45, 7) is 5.06. The highest BCUT2D eigenvalue weighted by Gasteiger charge is 2.03. The number of hydrogen-bond acceptors (Lipinski definition) is 4. The first kappa shape index (κ1) is 11.6. The van der Waals surface area contributed by atoms with Crippen LogP contribution in [-0.2, 0) is 13.0 Å². The van der Waals surface area contributed by atoms with Gasteiger partial charge in [0.05, 0.1) is 24.1 Å². The van der Waals surface area contributed by atoms with Gasteiger partial charge in [-0.25, -0.2) is 4.98 Å². The number of aromatic nitrogens is 4. The van der Waals surface area contributed by atoms with Gasteiger partial charge in [0.25, 0.3) is 0 Å². The zero-order chi connectivity index (χ0) is 12.1. The minimum Gasteiger partial charge on any atom is -0.363 e. The predicted octanol–water partition coefficient (Wildman–Crippen LogP) is 2.01. The number of rotatable bonds is 5. The maximum Gasteiger partial charge on any atom is 0.144 e. The second-order valence-electron chi connectivity index (χ2n) is 4.43. The van der Waals surface area contributed by atoms with Gasteiger partial charge in [0.1, 0.15) is 5.82 Å². The highest BCUT2D eigenvalue weighted by atomic mass is 15.1. The Morgan fingerprint density at radius 2 is 2.24 bits per heavy atom. The van der Waals surface area contributed by atoms with E-state index in [1.54, 1.807) is 18.6 Å². The molecule has 0 unspecified atom stereocenters. The molecule has 0 fully saturated rings. The molecule has 0 aliphatic heterocycles. The van der Waals surface area contributed by atoms with Crippen molar-refractivity contribution in [1.82, 2.24) is 20.2 Å². The summed E-state index contributed by atoms with van der Waals surface area (Å²) >= 11 is 0. The Morgan fingerprint density at radius 1 is 1.35 bits per heavy atom. The van der Waals surface area contributed by atoms with Gasteiger partial charge in [-0.3, -0.25) is 10.1 Å². The quantitative estimate of drug-likeness (QED) is 0.826. The Morgan fingerprint density at radius 3 is 2.94 bits per heavy atom. The molecule has 0 aliphatic rings. The van der Waals surface area contributed by atoms with E-state index in [0.717, 1.165) is 23.6 Å². The van der Waals surface area contributed by atoms with Crippen molar-refractivity contribution >= 4 is 5.82 Å². The van der Waals surface area contributed by atoms with Crippen LogP contribution in [-0.4, -0.2) is 20.2 Å². The number of aromatic amines is 1. The first-order chi connectivity index (χ1) is 8.24. The second kappa shape index (κ2) is 5.43. The molecule has 2 heterocycles. The Balaban J connectivity index is 1.89. The first-order valence-electron chi connectivity index (χ1n) is 5.77. The summed E-state index contributed by atoms with van der Waals surface area (Å²) in [5.41, 5.74) is 2.17. The molecule has 0 saturated heterocycles. The van der Waals surface area contributed by atoms with Crippen LogP contribution >= 0.6 is 0 Å². The van der Waals surface area contributed by atoms with Gasteiger partial charge in [-0.15, -0.1) is 0 Å². The van der Waals surface area contributed by atoms with E-state index >= 15 is 0 Å². The van der Waals surface area contributed by atoms with Crippen molar-refractivity contribution in [2.24, 2.45) is 5.92 Å². The van der Waals surface area contributed by atoms with Crippen molar-refractivity contribution in [2.45, 2.75) is 26.8 Å². The molecule has 0 saturated carbocycles. The molecule has 17 heavy (non-hydrogen) atoms. The maximum atomic E-state index is 4.27. The monoisotopic (exact) mass is 231 g/mol. The molecule has 0 bridgehead atoms. The molecule has 5 nitrogen and oxygen atoms in total. The lowest BCUT2D eigenvalue weighted by atomic mass is 10.1. The molecule has 2 aromatic rings. The Bertz CT molecular complexity index is 449. The summed E-state index contributed by atoms with van der Waals surface area (Å²) < 4.78 is 0. The van der Waals surface area contributed by atoms with Crippen LogP contribution in [0.3, 0.4) is 0 Å². The lowest BCUT2D eigenvalue weighted by molar-refractivity contribution is 0.633. The largest absolute Gasteiger partial charge is 0.363 e. The van der Waals surface area contributed by atoms with E-state index in [1.165, 1.54) is 0 Å². The molecule has 0 amide bonds. The van der Waals surface area contributed by atoms with Gasteiger partial charge in [-0.2, -0.15) is 5.10 Å². The third kappa shape index (κ3) is 3.55. The van der Waals surface area contributed by atoms with Gasteiger partial charge in [-0.05, 0) is 18.4 Å². The Hall–Kier alpha value is -1.91. The van der Waals surface area contributed by atoms with Crippen molar-refractivity contribution in [1.29, 1.82) is 0 Å². The van der Waals surface area contributed by atoms with Gasteiger partial charge in [-0.1, -0.05) is 13.8 Å². The van der Waals surface area contributed by atoms with E-state index in [9.17, 15) is 0 Å². The molecule has 0 spiro atoms. The molecule has 0 atom stereocenters. The van der Waals surface area contributed by atoms with Gasteiger partial charge < -0.3 is 5.32 Å². The van der Waals surface area contributed by atoms with Crippen LogP contribution in [0.25, 0.3) is 0 Å². The lowest BCUT2D eigenvalue weighted by Crippen LogP contribution is -2.01. The Kier molecular flexibility index (Phi) is 3.69. The fourth-order valence-electron chi connectivity index (χ4n) is 1.60. The van der Waals surface area contributed by atoms with Gasteiger partial charge in [0.15, 0.2) is 0 Å². The molecule has 90 valence electrons. The summed E-state index contributed by atoms with van der Waals surface area (Å²) in [4.78, 5) is 8.13. The van der Waals surface area contributed by atoms with Crippen molar-refractivity contribution < 1.29 is 0 Å². The normalized spacial score (nSPS) is 10.8. The third-order valence-corrected chi connectivity index (χ3v) is 2.32. The van der Waals surface area contributed by atoms with Crippen LogP contribution in [0.2, 0.25) is 0 Å². The van der Waals surface area contributed by atoms with Crippen LogP contribution in [0.5, 0.6) is 0 Å². The summed E-state index contributed by atoms with van der Waals surface area (Å²) in [5.74, 6) is 1.40. The van der Waals surface area contributed by atoms with Crippen LogP contribution in [0.4, 0.5) is 5.82 Å². The number of hydrogen-bond donors (Lipinski definition) is 2. The minimum absolute atomic E-state index is 0.624. The molecule has 0 aliphatic carbocycles. The van der Waals surface area contributed by atoms with Crippen molar-refractivity contribution in [3.05, 3.63) is 36.0 Å². The summed E-state index contributed by atoms with van der Waals surface area (Å²) in [6, 6.07) is 2.09. The van der Waals surface area contributed by atoms with Gasteiger partial charge >= 0.3 is 0 Å². The van der Waals surface area contributed by atoms with Gasteiger partial charge in [0.2, 0.25) is 0 Å². The zero-order valence-corrected chi connectivity index (χ0v) is 10.1. The zero-order valence-electron chi connectivity index (χ0n) is 10.1. The van der Waals surface area contributed by atoms with Gasteiger partial charge in [0, 0.05) is 12.4 Å². The van der Waals surface area contributed by atoms with Crippen LogP contribution in [0.15, 0.2) is 24.7 Å². The summed E-state index contributed by atoms with van der Waals surface area (Å²) in [5, 5.41) is 10.5. The van der Waals surface area contributed by atoms with Crippen molar-refractivity contribution in [3.8, 4) is 0 Å². The number of anilines is 1. The molecule has 5 heteroatoms. The van der Waals surface area contributed by atoms with Crippen molar-refractivity contribution in [3.63, 3.8) is 0 Å². The highest BCUT2D eigenvalue weighted by molar-refractivity contribution is 5.30. The third-order valence-electron chi connectivity index (χ3n) is 2.32. The SMILES string of the molecule is CC(C)Cc1cc(CNc2cnccn2)[nH]n1. The molecular formula is C12H17N5. The summed E-state index contributed by atoms with van der Waals surface area (Å²) in [7, 11) is 0. The van der Waals surface area contributed by atoms with Crippen LogP contribution in [0.1, 0.15) is 25.2 Å². The van der Waals surface area contributed by atoms with E-state index in [4.69, 9.17) is 0 Å². The molecule has 2 rings (SSSR count). The Labute approximate surface area is 101 Å². The minimum atomic E-state index is 0.624. The number of H-pyrrole nitrogens is 1. The molecular weight excluding hydrogens is 214 g/mol. The predicted molar refractivity (Wildman–Crippen MR) is 66.5 cm³/mol. The van der Waals surface area contributed by atoms with Crippen LogP contribution in [0, 0.1) is 5.92 Å². The smallest absolute Gasteiger partial charge is 0.144 e. The molecule has 2 aromatic heterocycles. The fraction of sp³-hybridized carbons (Fsp3) is 0.417. The second-order valence-corrected chi connectivity index (χ2v) is 4.43. The maximum absolute atomic E-state index is 4.27. The molecule has 0 radical (unpaired) electrons. The van der Waals surface area contributed by atoms with E-state index in [-0.39, 0.29) is 0 Å². The first-order valence-corrected chi connectivity index (χ1v) is 5.77. The number of nitrogens with zero attached hydrogens (tertiary/aromatic N) is 3. The van der Waals surface area contributed by atoms with Crippen molar-refractivity contribution in [2.75, 3.05) is 5.32 Å². The molecule has 0 aromatic carbocycles. The lowest BCUT2D eigenvalue weighted by Gasteiger charge is -2.01. The average Bonchev–Trinajstić information content (AvgIpc) is 2.75. The van der Waals surface area contributed by atoms with Crippen LogP contribution < -0.4 is 5.32 Å². The number of nitrogens with one attached hydrogen (secondary N) is 2. The fourth-order valence-corrected chi connectivity index (χ4v) is 1.60. The molecule has 2 N–H and O–H groups in total.